The third-order valence-corrected chi connectivity index (χ3v) is 6.02. The Bertz CT molecular complexity index is 743. The van der Waals surface area contributed by atoms with Gasteiger partial charge in [-0.1, -0.05) is 44.2 Å². The first kappa shape index (κ1) is 22.4. The van der Waals surface area contributed by atoms with Gasteiger partial charge in [0.15, 0.2) is 0 Å². The van der Waals surface area contributed by atoms with Crippen molar-refractivity contribution < 1.29 is 19.1 Å². The average Bonchev–Trinajstić information content (AvgIpc) is 2.65. The maximum absolute atomic E-state index is 13.0. The Kier molecular flexibility index (Phi) is 6.63. The van der Waals surface area contributed by atoms with Crippen LogP contribution in [0.15, 0.2) is 30.3 Å². The summed E-state index contributed by atoms with van der Waals surface area (Å²) in [5, 5.41) is 0. The van der Waals surface area contributed by atoms with Crippen LogP contribution in [-0.4, -0.2) is 52.3 Å². The van der Waals surface area contributed by atoms with Gasteiger partial charge in [-0.3, -0.25) is 0 Å². The Hall–Kier alpha value is -2.24. The zero-order valence-electron chi connectivity index (χ0n) is 19.0. The lowest BCUT2D eigenvalue weighted by Crippen LogP contribution is -2.70. The second-order valence-electron chi connectivity index (χ2n) is 10.1. The number of hydrogen-bond acceptors (Lipinski definition) is 4. The van der Waals surface area contributed by atoms with Crippen molar-refractivity contribution in [3.8, 4) is 0 Å². The summed E-state index contributed by atoms with van der Waals surface area (Å²) in [6, 6.07) is 9.84. The molecule has 2 aliphatic heterocycles. The van der Waals surface area contributed by atoms with E-state index in [9.17, 15) is 9.59 Å². The second-order valence-corrected chi connectivity index (χ2v) is 10.1. The SMILES string of the molecule is CC(C)CC1CCC2(CCN2C(=O)OCc2ccccc2)CN1C(=O)OC(C)(C)C. The maximum atomic E-state index is 13.0. The number of likely N-dealkylation sites (tertiary alicyclic amines) is 2. The molecule has 0 radical (unpaired) electrons. The van der Waals surface area contributed by atoms with Crippen molar-refractivity contribution in [3.63, 3.8) is 0 Å². The van der Waals surface area contributed by atoms with Crippen LogP contribution >= 0.6 is 0 Å². The number of rotatable bonds is 4. The van der Waals surface area contributed by atoms with Gasteiger partial charge < -0.3 is 19.3 Å². The fourth-order valence-electron chi connectivity index (χ4n) is 4.49. The molecule has 1 spiro atoms. The van der Waals surface area contributed by atoms with E-state index in [0.717, 1.165) is 31.2 Å². The summed E-state index contributed by atoms with van der Waals surface area (Å²) in [4.78, 5) is 29.5. The van der Waals surface area contributed by atoms with E-state index in [0.29, 0.717) is 19.0 Å². The van der Waals surface area contributed by atoms with E-state index < -0.39 is 5.60 Å². The topological polar surface area (TPSA) is 59.1 Å². The highest BCUT2D eigenvalue weighted by molar-refractivity contribution is 5.72. The van der Waals surface area contributed by atoms with Crippen LogP contribution < -0.4 is 0 Å². The molecule has 0 bridgehead atoms. The van der Waals surface area contributed by atoms with Gasteiger partial charge in [-0.25, -0.2) is 9.59 Å². The molecule has 0 saturated carbocycles. The minimum atomic E-state index is -0.544. The molecule has 30 heavy (non-hydrogen) atoms. The van der Waals surface area contributed by atoms with Crippen LogP contribution in [0.5, 0.6) is 0 Å². The summed E-state index contributed by atoms with van der Waals surface area (Å²) in [6.07, 6.45) is 3.02. The largest absolute Gasteiger partial charge is 0.445 e. The van der Waals surface area contributed by atoms with E-state index >= 15 is 0 Å². The van der Waals surface area contributed by atoms with Crippen LogP contribution in [0.2, 0.25) is 0 Å². The van der Waals surface area contributed by atoms with Gasteiger partial charge in [-0.15, -0.1) is 0 Å². The summed E-state index contributed by atoms with van der Waals surface area (Å²) in [5.74, 6) is 0.488. The summed E-state index contributed by atoms with van der Waals surface area (Å²) >= 11 is 0. The molecular weight excluding hydrogens is 380 g/mol. The molecule has 2 unspecified atom stereocenters. The normalized spacial score (nSPS) is 24.0. The van der Waals surface area contributed by atoms with Crippen molar-refractivity contribution in [1.82, 2.24) is 9.80 Å². The van der Waals surface area contributed by atoms with Crippen molar-refractivity contribution in [1.29, 1.82) is 0 Å². The number of amides is 2. The molecule has 3 rings (SSSR count). The molecule has 2 fully saturated rings. The van der Waals surface area contributed by atoms with Crippen LogP contribution in [0.4, 0.5) is 9.59 Å². The van der Waals surface area contributed by atoms with E-state index in [-0.39, 0.29) is 30.4 Å². The number of carbonyl (C=O) groups is 2. The number of hydrogen-bond donors (Lipinski definition) is 0. The number of piperidine rings is 1. The van der Waals surface area contributed by atoms with Crippen molar-refractivity contribution in [2.75, 3.05) is 13.1 Å². The molecule has 2 aliphatic rings. The van der Waals surface area contributed by atoms with Crippen LogP contribution in [0.25, 0.3) is 0 Å². The predicted octanol–water partition coefficient (Wildman–Crippen LogP) is 5.21. The van der Waals surface area contributed by atoms with E-state index in [1.165, 1.54) is 0 Å². The summed E-state index contributed by atoms with van der Waals surface area (Å²) in [5.41, 5.74) is 0.0901. The number of ether oxygens (including phenoxy) is 2. The first-order chi connectivity index (χ1) is 14.1. The Morgan fingerprint density at radius 2 is 1.83 bits per heavy atom. The fraction of sp³-hybridized carbons (Fsp3) is 0.667. The van der Waals surface area contributed by atoms with Crippen LogP contribution in [0, 0.1) is 5.92 Å². The van der Waals surface area contributed by atoms with Gasteiger partial charge >= 0.3 is 12.2 Å². The Labute approximate surface area is 180 Å². The average molecular weight is 417 g/mol. The van der Waals surface area contributed by atoms with Crippen molar-refractivity contribution in [3.05, 3.63) is 35.9 Å². The van der Waals surface area contributed by atoms with Gasteiger partial charge in [0.2, 0.25) is 0 Å². The molecule has 2 saturated heterocycles. The van der Waals surface area contributed by atoms with Gasteiger partial charge in [-0.2, -0.15) is 0 Å². The van der Waals surface area contributed by atoms with Crippen LogP contribution in [0.1, 0.15) is 65.9 Å². The zero-order valence-corrected chi connectivity index (χ0v) is 19.0. The third-order valence-electron chi connectivity index (χ3n) is 6.02. The van der Waals surface area contributed by atoms with Gasteiger partial charge in [0.25, 0.3) is 0 Å². The van der Waals surface area contributed by atoms with E-state index in [4.69, 9.17) is 9.47 Å². The third kappa shape index (κ3) is 5.27. The quantitative estimate of drug-likeness (QED) is 0.676. The van der Waals surface area contributed by atoms with Crippen LogP contribution in [-0.2, 0) is 16.1 Å². The molecule has 2 amide bonds. The maximum Gasteiger partial charge on any atom is 0.410 e. The molecule has 0 aliphatic carbocycles. The van der Waals surface area contributed by atoms with E-state index in [1.54, 1.807) is 0 Å². The van der Waals surface area contributed by atoms with Crippen molar-refractivity contribution >= 4 is 12.2 Å². The van der Waals surface area contributed by atoms with Gasteiger partial charge in [0.1, 0.15) is 12.2 Å². The lowest BCUT2D eigenvalue weighted by Gasteiger charge is -2.57. The number of nitrogens with zero attached hydrogens (tertiary/aromatic N) is 2. The molecule has 1 aromatic rings. The monoisotopic (exact) mass is 416 g/mol. The standard InChI is InChI=1S/C24H36N2O4/c1-18(2)15-20-11-12-24(17-25(20)21(27)30-23(3,4)5)13-14-26(24)22(28)29-16-19-9-7-6-8-10-19/h6-10,18,20H,11-17H2,1-5H3. The molecular formula is C24H36N2O4. The smallest absolute Gasteiger partial charge is 0.410 e. The molecule has 1 aromatic carbocycles. The first-order valence-corrected chi connectivity index (χ1v) is 11.1. The highest BCUT2D eigenvalue weighted by atomic mass is 16.6. The minimum absolute atomic E-state index is 0.147. The van der Waals surface area contributed by atoms with Gasteiger partial charge in [0.05, 0.1) is 5.54 Å². The van der Waals surface area contributed by atoms with Crippen molar-refractivity contribution in [2.24, 2.45) is 5.92 Å². The van der Waals surface area contributed by atoms with Gasteiger partial charge in [0, 0.05) is 19.1 Å². The predicted molar refractivity (Wildman–Crippen MR) is 116 cm³/mol. The number of benzene rings is 1. The van der Waals surface area contributed by atoms with Crippen molar-refractivity contribution in [2.45, 2.75) is 84.1 Å². The molecule has 0 N–H and O–H groups in total. The second kappa shape index (κ2) is 8.86. The number of carbonyl (C=O) groups excluding carboxylic acids is 2. The molecule has 2 atom stereocenters. The first-order valence-electron chi connectivity index (χ1n) is 11.1. The molecule has 6 nitrogen and oxygen atoms in total. The lowest BCUT2D eigenvalue weighted by molar-refractivity contribution is -0.0780. The fourth-order valence-corrected chi connectivity index (χ4v) is 4.49. The molecule has 2 heterocycles. The molecule has 166 valence electrons. The Morgan fingerprint density at radius 3 is 2.40 bits per heavy atom. The highest BCUT2D eigenvalue weighted by Crippen LogP contribution is 2.42. The summed E-state index contributed by atoms with van der Waals surface area (Å²) < 4.78 is 11.3. The minimum Gasteiger partial charge on any atom is -0.445 e. The lowest BCUT2D eigenvalue weighted by atomic mass is 9.75. The summed E-state index contributed by atoms with van der Waals surface area (Å²) in [7, 11) is 0. The zero-order chi connectivity index (χ0) is 21.9. The Balaban J connectivity index is 1.68. The van der Waals surface area contributed by atoms with Crippen LogP contribution in [0.3, 0.4) is 0 Å². The molecule has 6 heteroatoms. The van der Waals surface area contributed by atoms with E-state index in [1.807, 2.05) is 60.9 Å². The molecule has 0 aromatic heterocycles. The highest BCUT2D eigenvalue weighted by Gasteiger charge is 2.53. The van der Waals surface area contributed by atoms with E-state index in [2.05, 4.69) is 13.8 Å². The van der Waals surface area contributed by atoms with Gasteiger partial charge in [-0.05, 0) is 57.9 Å². The summed E-state index contributed by atoms with van der Waals surface area (Å²) in [6.45, 7) is 11.5. The Morgan fingerprint density at radius 1 is 1.13 bits per heavy atom.